The molecule has 0 N–H and O–H groups in total. The monoisotopic (exact) mass is 478 g/mol. The van der Waals surface area contributed by atoms with Gasteiger partial charge in [0, 0.05) is 11.4 Å². The van der Waals surface area contributed by atoms with Gasteiger partial charge in [0.05, 0.1) is 6.61 Å². The molecular weight excluding hydrogens is 452 g/mol. The van der Waals surface area contributed by atoms with E-state index in [0.717, 1.165) is 22.3 Å². The van der Waals surface area contributed by atoms with E-state index < -0.39 is 24.1 Å². The summed E-state index contributed by atoms with van der Waals surface area (Å²) in [7, 11) is 0. The van der Waals surface area contributed by atoms with Crippen LogP contribution < -0.4 is 0 Å². The first kappa shape index (κ1) is 25.3. The first-order chi connectivity index (χ1) is 16.5. The Morgan fingerprint density at radius 1 is 0.971 bits per heavy atom. The van der Waals surface area contributed by atoms with Gasteiger partial charge < -0.3 is 14.2 Å². The molecule has 0 spiro atoms. The number of halogens is 1. The summed E-state index contributed by atoms with van der Waals surface area (Å²) in [6.07, 6.45) is 5.74. The van der Waals surface area contributed by atoms with E-state index in [4.69, 9.17) is 25.8 Å². The van der Waals surface area contributed by atoms with E-state index in [1.807, 2.05) is 72.8 Å². The molecule has 0 aromatic heterocycles. The lowest BCUT2D eigenvalue weighted by atomic mass is 10.0. The summed E-state index contributed by atoms with van der Waals surface area (Å²) in [6, 6.07) is 16.9. The molecule has 6 heteroatoms. The SMILES string of the molecule is CCOC(=O)C(C)OC(CC1=CC=C(c2cccc(Cl)c2)C=C=C1)C(=O)OCc1ccccc1. The zero-order valence-corrected chi connectivity index (χ0v) is 20.0. The molecule has 2 aromatic carbocycles. The van der Waals surface area contributed by atoms with E-state index in [9.17, 15) is 9.59 Å². The predicted molar refractivity (Wildman–Crippen MR) is 132 cm³/mol. The van der Waals surface area contributed by atoms with Crippen LogP contribution in [-0.4, -0.2) is 30.8 Å². The van der Waals surface area contributed by atoms with Crippen molar-refractivity contribution in [2.45, 2.75) is 39.1 Å². The van der Waals surface area contributed by atoms with Gasteiger partial charge in [-0.2, -0.15) is 0 Å². The van der Waals surface area contributed by atoms with E-state index in [0.29, 0.717) is 5.02 Å². The van der Waals surface area contributed by atoms with Crippen molar-refractivity contribution in [3.05, 3.63) is 106 Å². The number of esters is 2. The van der Waals surface area contributed by atoms with Crippen molar-refractivity contribution >= 4 is 29.1 Å². The Labute approximate surface area is 205 Å². The minimum atomic E-state index is -0.992. The van der Waals surface area contributed by atoms with E-state index in [1.54, 1.807) is 19.9 Å². The highest BCUT2D eigenvalue weighted by molar-refractivity contribution is 6.30. The highest BCUT2D eigenvalue weighted by Gasteiger charge is 2.28. The molecule has 0 saturated carbocycles. The molecule has 2 unspecified atom stereocenters. The highest BCUT2D eigenvalue weighted by atomic mass is 35.5. The lowest BCUT2D eigenvalue weighted by Gasteiger charge is -2.20. The van der Waals surface area contributed by atoms with Gasteiger partial charge in [-0.3, -0.25) is 0 Å². The fraction of sp³-hybridized carbons (Fsp3) is 0.250. The second kappa shape index (κ2) is 12.8. The Morgan fingerprint density at radius 3 is 2.50 bits per heavy atom. The molecule has 3 rings (SSSR count). The number of hydrogen-bond donors (Lipinski definition) is 0. The molecule has 2 aromatic rings. The van der Waals surface area contributed by atoms with Crippen molar-refractivity contribution in [3.8, 4) is 0 Å². The standard InChI is InChI=1S/C28H27ClO5/c1-3-32-27(30)20(2)34-26(28(31)33-19-22-9-5-4-6-10-22)17-21-11-7-12-23(16-15-21)24-13-8-14-25(29)18-24/h4-6,8-16,18,20,26H,3,17,19H2,1-2H3. The summed E-state index contributed by atoms with van der Waals surface area (Å²) >= 11 is 6.12. The third kappa shape index (κ3) is 7.60. The van der Waals surface area contributed by atoms with Gasteiger partial charge in [0.2, 0.25) is 0 Å². The maximum Gasteiger partial charge on any atom is 0.335 e. The summed E-state index contributed by atoms with van der Waals surface area (Å²) in [5.41, 5.74) is 6.68. The maximum absolute atomic E-state index is 12.9. The van der Waals surface area contributed by atoms with Crippen molar-refractivity contribution < 1.29 is 23.8 Å². The number of carbonyl (C=O) groups excluding carboxylic acids is 2. The Kier molecular flexibility index (Phi) is 9.48. The molecular formula is C28H27ClO5. The number of benzene rings is 2. The van der Waals surface area contributed by atoms with Crippen LogP contribution in [0.25, 0.3) is 5.57 Å². The van der Waals surface area contributed by atoms with Gasteiger partial charge in [-0.25, -0.2) is 9.59 Å². The van der Waals surface area contributed by atoms with Gasteiger partial charge >= 0.3 is 11.9 Å². The molecule has 176 valence electrons. The van der Waals surface area contributed by atoms with Gasteiger partial charge in [-0.1, -0.05) is 66.2 Å². The van der Waals surface area contributed by atoms with Gasteiger partial charge in [0.25, 0.3) is 0 Å². The largest absolute Gasteiger partial charge is 0.464 e. The third-order valence-corrected chi connectivity index (χ3v) is 5.27. The zero-order valence-electron chi connectivity index (χ0n) is 19.2. The molecule has 0 saturated heterocycles. The van der Waals surface area contributed by atoms with Crippen LogP contribution in [0.3, 0.4) is 0 Å². The molecule has 5 nitrogen and oxygen atoms in total. The number of rotatable bonds is 10. The lowest BCUT2D eigenvalue weighted by Crippen LogP contribution is -2.34. The molecule has 1 aliphatic carbocycles. The second-order valence-electron chi connectivity index (χ2n) is 7.65. The number of carbonyl (C=O) groups is 2. The lowest BCUT2D eigenvalue weighted by molar-refractivity contribution is -0.171. The first-order valence-electron chi connectivity index (χ1n) is 11.1. The fourth-order valence-corrected chi connectivity index (χ4v) is 3.48. The average Bonchev–Trinajstić information content (AvgIpc) is 3.08. The minimum absolute atomic E-state index is 0.112. The maximum atomic E-state index is 12.9. The molecule has 0 bridgehead atoms. The Hall–Kier alpha value is -3.37. The third-order valence-electron chi connectivity index (χ3n) is 5.04. The van der Waals surface area contributed by atoms with E-state index in [2.05, 4.69) is 5.73 Å². The quantitative estimate of drug-likeness (QED) is 0.317. The fourth-order valence-electron chi connectivity index (χ4n) is 3.29. The molecule has 0 radical (unpaired) electrons. The minimum Gasteiger partial charge on any atom is -0.464 e. The van der Waals surface area contributed by atoms with Crippen LogP contribution in [0.2, 0.25) is 5.02 Å². The van der Waals surface area contributed by atoms with Gasteiger partial charge in [0.1, 0.15) is 6.61 Å². The van der Waals surface area contributed by atoms with Crippen molar-refractivity contribution in [2.24, 2.45) is 0 Å². The van der Waals surface area contributed by atoms with Crippen LogP contribution in [0.4, 0.5) is 0 Å². The smallest absolute Gasteiger partial charge is 0.335 e. The number of ether oxygens (including phenoxy) is 3. The Morgan fingerprint density at radius 2 is 1.76 bits per heavy atom. The highest BCUT2D eigenvalue weighted by Crippen LogP contribution is 2.23. The van der Waals surface area contributed by atoms with Crippen LogP contribution >= 0.6 is 11.6 Å². The van der Waals surface area contributed by atoms with Crippen LogP contribution in [-0.2, 0) is 30.4 Å². The molecule has 1 aliphatic rings. The Bertz CT molecular complexity index is 1130. The number of allylic oxidation sites excluding steroid dienone is 4. The van der Waals surface area contributed by atoms with Gasteiger partial charge in [-0.15, -0.1) is 5.73 Å². The van der Waals surface area contributed by atoms with Crippen molar-refractivity contribution in [1.29, 1.82) is 0 Å². The summed E-state index contributed by atoms with van der Waals surface area (Å²) < 4.78 is 16.3. The number of hydrogen-bond acceptors (Lipinski definition) is 5. The molecule has 0 amide bonds. The molecule has 0 heterocycles. The topological polar surface area (TPSA) is 61.8 Å². The van der Waals surface area contributed by atoms with Crippen LogP contribution in [0.15, 0.2) is 90.2 Å². The van der Waals surface area contributed by atoms with E-state index >= 15 is 0 Å². The van der Waals surface area contributed by atoms with Gasteiger partial charge in [-0.05, 0) is 60.4 Å². The molecule has 0 fully saturated rings. The van der Waals surface area contributed by atoms with Gasteiger partial charge in [0.15, 0.2) is 12.2 Å². The van der Waals surface area contributed by atoms with Crippen LogP contribution in [0.5, 0.6) is 0 Å². The second-order valence-corrected chi connectivity index (χ2v) is 8.08. The predicted octanol–water partition coefficient (Wildman–Crippen LogP) is 5.85. The zero-order chi connectivity index (χ0) is 24.3. The summed E-state index contributed by atoms with van der Waals surface area (Å²) in [6.45, 7) is 3.61. The van der Waals surface area contributed by atoms with Crippen molar-refractivity contribution in [2.75, 3.05) is 6.61 Å². The summed E-state index contributed by atoms with van der Waals surface area (Å²) in [5, 5.41) is 0.645. The first-order valence-corrected chi connectivity index (χ1v) is 11.5. The molecule has 2 atom stereocenters. The van der Waals surface area contributed by atoms with E-state index in [1.165, 1.54) is 0 Å². The average molecular weight is 479 g/mol. The van der Waals surface area contributed by atoms with Crippen LogP contribution in [0, 0.1) is 0 Å². The normalized spacial score (nSPS) is 14.4. The summed E-state index contributed by atoms with van der Waals surface area (Å²) in [4.78, 5) is 25.0. The molecule has 0 aliphatic heterocycles. The van der Waals surface area contributed by atoms with Crippen molar-refractivity contribution in [3.63, 3.8) is 0 Å². The summed E-state index contributed by atoms with van der Waals surface area (Å²) in [5.74, 6) is -1.08. The molecule has 34 heavy (non-hydrogen) atoms. The van der Waals surface area contributed by atoms with Crippen molar-refractivity contribution in [1.82, 2.24) is 0 Å². The van der Waals surface area contributed by atoms with E-state index in [-0.39, 0.29) is 19.6 Å². The Balaban J connectivity index is 1.76. The van der Waals surface area contributed by atoms with Crippen LogP contribution in [0.1, 0.15) is 31.4 Å².